The molecule has 0 radical (unpaired) electrons. The standard InChI is InChI=1S/C25H28ClN3O/c26-19-5-4-6-21-22(19)23(30)28-24-25(11-2-1-3-12-25)18-15-17(7-8-20(18)29(21)24)16-9-13-27-14-10-16/h4-8,15-16,24,27H,1-3,9-14H2,(H,28,30)/t24-/m0/s1. The van der Waals surface area contributed by atoms with Crippen LogP contribution in [0.1, 0.15) is 72.3 Å². The zero-order valence-corrected chi connectivity index (χ0v) is 18.0. The summed E-state index contributed by atoms with van der Waals surface area (Å²) in [5.74, 6) is 0.597. The Morgan fingerprint density at radius 1 is 1.00 bits per heavy atom. The smallest absolute Gasteiger partial charge is 0.256 e. The average molecular weight is 422 g/mol. The number of carbonyl (C=O) groups excluding carboxylic acids is 1. The number of nitrogens with zero attached hydrogens (tertiary/aromatic N) is 1. The number of benzene rings is 2. The van der Waals surface area contributed by atoms with Gasteiger partial charge in [-0.1, -0.05) is 49.1 Å². The molecule has 156 valence electrons. The molecule has 1 amide bonds. The fourth-order valence-electron chi connectivity index (χ4n) is 6.44. The molecule has 2 aromatic rings. The summed E-state index contributed by atoms with van der Waals surface area (Å²) in [6.07, 6.45) is 8.38. The van der Waals surface area contributed by atoms with Crippen LogP contribution in [0.15, 0.2) is 36.4 Å². The Morgan fingerprint density at radius 3 is 2.60 bits per heavy atom. The molecule has 30 heavy (non-hydrogen) atoms. The minimum absolute atomic E-state index is 0.00776. The van der Waals surface area contributed by atoms with E-state index < -0.39 is 0 Å². The molecule has 0 aromatic heterocycles. The Kier molecular flexibility index (Phi) is 4.36. The van der Waals surface area contributed by atoms with Crippen molar-refractivity contribution in [2.24, 2.45) is 0 Å². The van der Waals surface area contributed by atoms with Gasteiger partial charge < -0.3 is 15.5 Å². The van der Waals surface area contributed by atoms with Crippen molar-refractivity contribution in [3.8, 4) is 0 Å². The van der Waals surface area contributed by atoms with Crippen LogP contribution in [0.3, 0.4) is 0 Å². The molecule has 3 aliphatic heterocycles. The maximum Gasteiger partial charge on any atom is 0.256 e. The third-order valence-corrected chi connectivity index (χ3v) is 8.22. The first-order valence-electron chi connectivity index (χ1n) is 11.4. The molecule has 0 unspecified atom stereocenters. The number of halogens is 1. The number of hydrogen-bond donors (Lipinski definition) is 2. The fraction of sp³-hybridized carbons (Fsp3) is 0.480. The van der Waals surface area contributed by atoms with Gasteiger partial charge >= 0.3 is 0 Å². The van der Waals surface area contributed by atoms with Gasteiger partial charge in [-0.15, -0.1) is 0 Å². The lowest BCUT2D eigenvalue weighted by atomic mass is 9.68. The molecule has 5 heteroatoms. The van der Waals surface area contributed by atoms with Gasteiger partial charge in [0.15, 0.2) is 0 Å². The first kappa shape index (κ1) is 18.7. The second kappa shape index (κ2) is 7.00. The van der Waals surface area contributed by atoms with Crippen molar-refractivity contribution in [2.75, 3.05) is 18.0 Å². The van der Waals surface area contributed by atoms with Crippen molar-refractivity contribution in [1.82, 2.24) is 10.6 Å². The topological polar surface area (TPSA) is 44.4 Å². The Labute approximate surface area is 183 Å². The van der Waals surface area contributed by atoms with Gasteiger partial charge in [-0.25, -0.2) is 0 Å². The molecule has 1 saturated carbocycles. The van der Waals surface area contributed by atoms with E-state index in [0.29, 0.717) is 16.5 Å². The van der Waals surface area contributed by atoms with E-state index in [9.17, 15) is 4.79 Å². The van der Waals surface area contributed by atoms with Crippen LogP contribution >= 0.6 is 11.6 Å². The summed E-state index contributed by atoms with van der Waals surface area (Å²) in [5, 5.41) is 7.39. The summed E-state index contributed by atoms with van der Waals surface area (Å²) in [7, 11) is 0. The van der Waals surface area contributed by atoms with Crippen LogP contribution in [0.25, 0.3) is 0 Å². The van der Waals surface area contributed by atoms with Gasteiger partial charge in [0.05, 0.1) is 16.3 Å². The Balaban J connectivity index is 1.53. The number of carbonyl (C=O) groups is 1. The minimum Gasteiger partial charge on any atom is -0.331 e. The predicted molar refractivity (Wildman–Crippen MR) is 121 cm³/mol. The van der Waals surface area contributed by atoms with E-state index in [0.717, 1.165) is 31.6 Å². The first-order chi connectivity index (χ1) is 14.7. The summed E-state index contributed by atoms with van der Waals surface area (Å²) in [6.45, 7) is 2.20. The third-order valence-electron chi connectivity index (χ3n) is 7.90. The predicted octanol–water partition coefficient (Wildman–Crippen LogP) is 5.23. The fourth-order valence-corrected chi connectivity index (χ4v) is 6.69. The largest absolute Gasteiger partial charge is 0.331 e. The van der Waals surface area contributed by atoms with E-state index in [1.165, 1.54) is 48.9 Å². The van der Waals surface area contributed by atoms with E-state index in [4.69, 9.17) is 11.6 Å². The van der Waals surface area contributed by atoms with Gasteiger partial charge in [0.1, 0.15) is 6.17 Å². The molecule has 4 nitrogen and oxygen atoms in total. The summed E-state index contributed by atoms with van der Waals surface area (Å²) in [5.41, 5.74) is 5.72. The molecule has 1 spiro atoms. The van der Waals surface area contributed by atoms with Crippen LogP contribution in [-0.4, -0.2) is 25.2 Å². The number of fused-ring (bicyclic) bond motifs is 7. The summed E-state index contributed by atoms with van der Waals surface area (Å²) in [6, 6.07) is 13.0. The number of nitrogens with one attached hydrogen (secondary N) is 2. The molecule has 1 saturated heterocycles. The zero-order chi connectivity index (χ0) is 20.3. The van der Waals surface area contributed by atoms with Crippen LogP contribution < -0.4 is 15.5 Å². The minimum atomic E-state index is -0.0341. The number of rotatable bonds is 1. The summed E-state index contributed by atoms with van der Waals surface area (Å²) >= 11 is 6.47. The van der Waals surface area contributed by atoms with E-state index in [1.54, 1.807) is 0 Å². The lowest BCUT2D eigenvalue weighted by molar-refractivity contribution is 0.0894. The molecular formula is C25H28ClN3O. The summed E-state index contributed by atoms with van der Waals surface area (Å²) in [4.78, 5) is 15.5. The normalized spacial score (nSPS) is 24.9. The van der Waals surface area contributed by atoms with E-state index >= 15 is 0 Å². The molecule has 2 fully saturated rings. The molecule has 1 atom stereocenters. The van der Waals surface area contributed by atoms with Gasteiger partial charge in [0, 0.05) is 11.1 Å². The average Bonchev–Trinajstić information content (AvgIpc) is 3.04. The van der Waals surface area contributed by atoms with Gasteiger partial charge in [0.2, 0.25) is 0 Å². The van der Waals surface area contributed by atoms with Gasteiger partial charge in [-0.2, -0.15) is 0 Å². The number of anilines is 2. The monoisotopic (exact) mass is 421 g/mol. The highest BCUT2D eigenvalue weighted by Crippen LogP contribution is 2.57. The molecular weight excluding hydrogens is 394 g/mol. The maximum absolute atomic E-state index is 13.1. The van der Waals surface area contributed by atoms with E-state index in [2.05, 4.69) is 39.8 Å². The third kappa shape index (κ3) is 2.59. The quantitative estimate of drug-likeness (QED) is 0.662. The lowest BCUT2D eigenvalue weighted by Crippen LogP contribution is -2.58. The molecule has 2 N–H and O–H groups in total. The van der Waals surface area contributed by atoms with Crippen LogP contribution in [-0.2, 0) is 5.41 Å². The molecule has 2 aromatic carbocycles. The maximum atomic E-state index is 13.1. The van der Waals surface area contributed by atoms with Crippen LogP contribution in [0.4, 0.5) is 11.4 Å². The second-order valence-corrected chi connectivity index (χ2v) is 9.80. The van der Waals surface area contributed by atoms with Crippen molar-refractivity contribution in [3.63, 3.8) is 0 Å². The second-order valence-electron chi connectivity index (χ2n) is 9.40. The highest BCUT2D eigenvalue weighted by molar-refractivity contribution is 6.35. The number of piperidine rings is 1. The number of amides is 1. The zero-order valence-electron chi connectivity index (χ0n) is 17.2. The van der Waals surface area contributed by atoms with Crippen molar-refractivity contribution in [2.45, 2.75) is 62.4 Å². The van der Waals surface area contributed by atoms with Crippen molar-refractivity contribution in [1.29, 1.82) is 0 Å². The summed E-state index contributed by atoms with van der Waals surface area (Å²) < 4.78 is 0. The molecule has 6 rings (SSSR count). The van der Waals surface area contributed by atoms with Crippen molar-refractivity contribution < 1.29 is 4.79 Å². The van der Waals surface area contributed by atoms with E-state index in [1.807, 2.05) is 12.1 Å². The first-order valence-corrected chi connectivity index (χ1v) is 11.8. The lowest BCUT2D eigenvalue weighted by Gasteiger charge is -2.44. The van der Waals surface area contributed by atoms with Crippen LogP contribution in [0.2, 0.25) is 5.02 Å². The van der Waals surface area contributed by atoms with Gasteiger partial charge in [-0.05, 0) is 74.0 Å². The van der Waals surface area contributed by atoms with Gasteiger partial charge in [0.25, 0.3) is 5.91 Å². The van der Waals surface area contributed by atoms with Gasteiger partial charge in [-0.3, -0.25) is 4.79 Å². The van der Waals surface area contributed by atoms with E-state index in [-0.39, 0.29) is 17.5 Å². The van der Waals surface area contributed by atoms with Crippen molar-refractivity contribution in [3.05, 3.63) is 58.1 Å². The van der Waals surface area contributed by atoms with Crippen LogP contribution in [0, 0.1) is 0 Å². The highest BCUT2D eigenvalue weighted by atomic mass is 35.5. The molecule has 1 aliphatic carbocycles. The van der Waals surface area contributed by atoms with Crippen molar-refractivity contribution >= 4 is 28.9 Å². The van der Waals surface area contributed by atoms with Crippen LogP contribution in [0.5, 0.6) is 0 Å². The Morgan fingerprint density at radius 2 is 1.80 bits per heavy atom. The molecule has 4 aliphatic rings. The Bertz CT molecular complexity index is 1010. The SMILES string of the molecule is O=C1N[C@H]2N(c3ccc(C4CCNCC4)cc3C23CCCCC3)c2cccc(Cl)c21. The molecule has 3 heterocycles. The Hall–Kier alpha value is -2.04. The molecule has 0 bridgehead atoms. The highest BCUT2D eigenvalue weighted by Gasteiger charge is 2.54. The number of hydrogen-bond acceptors (Lipinski definition) is 3.